The van der Waals surface area contributed by atoms with E-state index in [4.69, 9.17) is 19.4 Å². The molecule has 0 bridgehead atoms. The van der Waals surface area contributed by atoms with Gasteiger partial charge in [0.05, 0.1) is 53.9 Å². The molecule has 2 aromatic carbocycles. The lowest BCUT2D eigenvalue weighted by Crippen LogP contribution is -2.51. The number of fused-ring (bicyclic) bond motifs is 2. The summed E-state index contributed by atoms with van der Waals surface area (Å²) < 4.78 is 13.1. The summed E-state index contributed by atoms with van der Waals surface area (Å²) in [5, 5.41) is 0.994. The maximum atomic E-state index is 14.1. The van der Waals surface area contributed by atoms with E-state index in [1.165, 1.54) is 0 Å². The van der Waals surface area contributed by atoms with Crippen molar-refractivity contribution in [2.45, 2.75) is 26.1 Å². The Kier molecular flexibility index (Phi) is 7.55. The van der Waals surface area contributed by atoms with Crippen LogP contribution in [0.3, 0.4) is 0 Å². The number of hydrogen-bond acceptors (Lipinski definition) is 9. The van der Waals surface area contributed by atoms with Crippen LogP contribution in [-0.4, -0.2) is 84.0 Å². The SMILES string of the molecule is COc1ccc2nc(C)n(CC(=O)N3CCN(Cc4cnccn4)CC3c3ncc(-c4cc5ccccc5nc4OC)[nH]3)c2c1. The zero-order valence-electron chi connectivity index (χ0n) is 25.3. The highest BCUT2D eigenvalue weighted by Crippen LogP contribution is 2.33. The molecule has 1 N–H and O–H groups in total. The number of ether oxygens (including phenoxy) is 2. The van der Waals surface area contributed by atoms with Crippen LogP contribution in [0.5, 0.6) is 11.6 Å². The number of H-pyrrole nitrogens is 1. The number of rotatable bonds is 8. The third-order valence-electron chi connectivity index (χ3n) is 8.31. The van der Waals surface area contributed by atoms with Gasteiger partial charge in [0, 0.05) is 56.2 Å². The molecule has 0 aliphatic carbocycles. The number of piperazine rings is 1. The highest BCUT2D eigenvalue weighted by atomic mass is 16.5. The molecule has 1 aliphatic heterocycles. The Bertz CT molecular complexity index is 1990. The molecule has 5 heterocycles. The van der Waals surface area contributed by atoms with Crippen molar-refractivity contribution in [3.63, 3.8) is 0 Å². The summed E-state index contributed by atoms with van der Waals surface area (Å²) in [7, 11) is 3.24. The van der Waals surface area contributed by atoms with E-state index < -0.39 is 0 Å². The number of methoxy groups -OCH3 is 2. The Balaban J connectivity index is 1.22. The first kappa shape index (κ1) is 28.4. The number of nitrogens with zero attached hydrogens (tertiary/aromatic N) is 8. The predicted molar refractivity (Wildman–Crippen MR) is 169 cm³/mol. The average Bonchev–Trinajstić information content (AvgIpc) is 3.68. The number of imidazole rings is 2. The summed E-state index contributed by atoms with van der Waals surface area (Å²) in [6, 6.07) is 15.3. The van der Waals surface area contributed by atoms with Crippen LogP contribution >= 0.6 is 0 Å². The van der Waals surface area contributed by atoms with E-state index in [9.17, 15) is 4.79 Å². The molecule has 1 atom stereocenters. The van der Waals surface area contributed by atoms with Gasteiger partial charge in [-0.15, -0.1) is 0 Å². The number of aromatic nitrogens is 7. The second-order valence-electron chi connectivity index (χ2n) is 11.1. The molecule has 6 aromatic rings. The maximum Gasteiger partial charge on any atom is 0.243 e. The van der Waals surface area contributed by atoms with Gasteiger partial charge < -0.3 is 23.9 Å². The van der Waals surface area contributed by atoms with Crippen molar-refractivity contribution >= 4 is 27.8 Å². The van der Waals surface area contributed by atoms with E-state index >= 15 is 0 Å². The molecule has 0 radical (unpaired) electrons. The Hall–Kier alpha value is -5.36. The van der Waals surface area contributed by atoms with Crippen molar-refractivity contribution < 1.29 is 14.3 Å². The second-order valence-corrected chi connectivity index (χ2v) is 11.1. The van der Waals surface area contributed by atoms with Gasteiger partial charge in [0.1, 0.15) is 30.0 Å². The highest BCUT2D eigenvalue weighted by Gasteiger charge is 2.34. The molecular formula is C33H33N9O3. The largest absolute Gasteiger partial charge is 0.497 e. The first-order valence-corrected chi connectivity index (χ1v) is 14.8. The van der Waals surface area contributed by atoms with Crippen molar-refractivity contribution in [2.75, 3.05) is 33.9 Å². The Morgan fingerprint density at radius 3 is 2.69 bits per heavy atom. The monoisotopic (exact) mass is 603 g/mol. The van der Waals surface area contributed by atoms with E-state index in [0.29, 0.717) is 43.6 Å². The second kappa shape index (κ2) is 12.0. The summed E-state index contributed by atoms with van der Waals surface area (Å²) in [5.74, 6) is 2.65. The number of carbonyl (C=O) groups excluding carboxylic acids is 1. The molecule has 0 saturated carbocycles. The van der Waals surface area contributed by atoms with Crippen LogP contribution in [0.1, 0.15) is 23.4 Å². The van der Waals surface area contributed by atoms with Crippen molar-refractivity contribution in [1.82, 2.24) is 44.3 Å². The van der Waals surface area contributed by atoms with Gasteiger partial charge >= 0.3 is 0 Å². The fraction of sp³-hybridized carbons (Fsp3) is 0.273. The number of hydrogen-bond donors (Lipinski definition) is 1. The predicted octanol–water partition coefficient (Wildman–Crippen LogP) is 4.18. The van der Waals surface area contributed by atoms with Gasteiger partial charge in [-0.3, -0.25) is 19.7 Å². The third kappa shape index (κ3) is 5.55. The van der Waals surface area contributed by atoms with Crippen LogP contribution < -0.4 is 9.47 Å². The zero-order valence-corrected chi connectivity index (χ0v) is 25.3. The fourth-order valence-corrected chi connectivity index (χ4v) is 6.02. The summed E-state index contributed by atoms with van der Waals surface area (Å²) in [4.78, 5) is 44.7. The van der Waals surface area contributed by atoms with Crippen molar-refractivity contribution in [3.8, 4) is 22.9 Å². The maximum absolute atomic E-state index is 14.1. The first-order chi connectivity index (χ1) is 22.0. The fourth-order valence-electron chi connectivity index (χ4n) is 6.02. The number of benzene rings is 2. The normalized spacial score (nSPS) is 15.5. The summed E-state index contributed by atoms with van der Waals surface area (Å²) in [5.41, 5.74) is 4.96. The van der Waals surface area contributed by atoms with E-state index in [1.54, 1.807) is 39.0 Å². The van der Waals surface area contributed by atoms with Crippen LogP contribution in [0.25, 0.3) is 33.2 Å². The molecule has 12 nitrogen and oxygen atoms in total. The molecule has 1 aliphatic rings. The number of aryl methyl sites for hydroxylation is 1. The van der Waals surface area contributed by atoms with Gasteiger partial charge in [-0.25, -0.2) is 15.0 Å². The number of amides is 1. The molecular weight excluding hydrogens is 570 g/mol. The molecule has 228 valence electrons. The molecule has 7 rings (SSSR count). The van der Waals surface area contributed by atoms with Gasteiger partial charge in [-0.05, 0) is 31.2 Å². The molecule has 1 amide bonds. The van der Waals surface area contributed by atoms with Gasteiger partial charge in [-0.2, -0.15) is 0 Å². The Labute approximate surface area is 259 Å². The van der Waals surface area contributed by atoms with Crippen molar-refractivity contribution in [3.05, 3.63) is 90.7 Å². The molecule has 1 saturated heterocycles. The third-order valence-corrected chi connectivity index (χ3v) is 8.31. The first-order valence-electron chi connectivity index (χ1n) is 14.8. The van der Waals surface area contributed by atoms with Gasteiger partial charge in [0.25, 0.3) is 0 Å². The smallest absolute Gasteiger partial charge is 0.243 e. The summed E-state index contributed by atoms with van der Waals surface area (Å²) in [6.45, 7) is 4.46. The van der Waals surface area contributed by atoms with Gasteiger partial charge in [0.15, 0.2) is 0 Å². The zero-order chi connectivity index (χ0) is 30.9. The number of para-hydroxylation sites is 1. The lowest BCUT2D eigenvalue weighted by molar-refractivity contribution is -0.137. The summed E-state index contributed by atoms with van der Waals surface area (Å²) in [6.07, 6.45) is 6.93. The topological polar surface area (TPSA) is 127 Å². The van der Waals surface area contributed by atoms with Gasteiger partial charge in [0.2, 0.25) is 11.8 Å². The molecule has 1 unspecified atom stereocenters. The van der Waals surface area contributed by atoms with Crippen LogP contribution in [0.4, 0.5) is 0 Å². The van der Waals surface area contributed by atoms with E-state index in [-0.39, 0.29) is 18.5 Å². The molecule has 0 spiro atoms. The Morgan fingerprint density at radius 1 is 0.978 bits per heavy atom. The minimum Gasteiger partial charge on any atom is -0.497 e. The Morgan fingerprint density at radius 2 is 1.87 bits per heavy atom. The minimum absolute atomic E-state index is 0.0210. The number of carbonyl (C=O) groups is 1. The number of pyridine rings is 1. The van der Waals surface area contributed by atoms with Crippen LogP contribution in [0, 0.1) is 6.92 Å². The van der Waals surface area contributed by atoms with Crippen molar-refractivity contribution in [2.24, 2.45) is 0 Å². The number of nitrogens with one attached hydrogen (secondary N) is 1. The molecule has 4 aromatic heterocycles. The van der Waals surface area contributed by atoms with Crippen LogP contribution in [0.2, 0.25) is 0 Å². The average molecular weight is 604 g/mol. The van der Waals surface area contributed by atoms with Crippen molar-refractivity contribution in [1.29, 1.82) is 0 Å². The lowest BCUT2D eigenvalue weighted by atomic mass is 10.1. The van der Waals surface area contributed by atoms with E-state index in [1.807, 2.05) is 64.9 Å². The molecule has 1 fully saturated rings. The lowest BCUT2D eigenvalue weighted by Gasteiger charge is -2.40. The molecule has 12 heteroatoms. The van der Waals surface area contributed by atoms with Crippen LogP contribution in [-0.2, 0) is 17.9 Å². The molecule has 45 heavy (non-hydrogen) atoms. The quantitative estimate of drug-likeness (QED) is 0.273. The standard InChI is InChI=1S/C33H33N9O3/c1-21-37-27-9-8-24(44-2)15-29(27)42(21)20-31(43)41-13-12-40(18-23-16-34-10-11-35-23)19-30(41)32-36-17-28(38-32)25-14-22-6-4-5-7-26(22)39-33(25)45-3/h4-11,14-17,30H,12-13,18-20H2,1-3H3,(H,36,38). The number of aromatic amines is 1. The van der Waals surface area contributed by atoms with E-state index in [2.05, 4.69) is 24.8 Å². The van der Waals surface area contributed by atoms with Gasteiger partial charge in [-0.1, -0.05) is 18.2 Å². The van der Waals surface area contributed by atoms with Crippen LogP contribution in [0.15, 0.2) is 73.3 Å². The minimum atomic E-state index is -0.333. The summed E-state index contributed by atoms with van der Waals surface area (Å²) >= 11 is 0. The highest BCUT2D eigenvalue weighted by molar-refractivity contribution is 5.85. The van der Waals surface area contributed by atoms with E-state index in [0.717, 1.165) is 44.7 Å².